The molecular weight excluding hydrogens is 735 g/mol. The third-order valence-corrected chi connectivity index (χ3v) is 12.8. The summed E-state index contributed by atoms with van der Waals surface area (Å²) in [5.41, 5.74) is 19.2. The van der Waals surface area contributed by atoms with E-state index in [2.05, 4.69) is 254 Å². The molecule has 0 saturated heterocycles. The van der Waals surface area contributed by atoms with Gasteiger partial charge in [0.2, 0.25) is 0 Å². The Morgan fingerprint density at radius 3 is 1.36 bits per heavy atom. The molecule has 0 aromatic heterocycles. The maximum Gasteiger partial charge on any atom is 0.0543 e. The minimum Gasteiger partial charge on any atom is -0.310 e. The fourth-order valence-corrected chi connectivity index (χ4v) is 9.77. The van der Waals surface area contributed by atoms with Crippen LogP contribution in [0.4, 0.5) is 17.1 Å². The van der Waals surface area contributed by atoms with Crippen LogP contribution >= 0.6 is 0 Å². The van der Waals surface area contributed by atoms with Crippen molar-refractivity contribution in [3.05, 3.63) is 259 Å². The molecule has 0 bridgehead atoms. The Morgan fingerprint density at radius 1 is 0.295 bits per heavy atom. The molecule has 0 spiro atoms. The molecule has 10 aromatic rings. The highest BCUT2D eigenvalue weighted by molar-refractivity contribution is 5.99. The van der Waals surface area contributed by atoms with E-state index in [4.69, 9.17) is 0 Å². The van der Waals surface area contributed by atoms with E-state index in [0.717, 1.165) is 17.1 Å². The second-order valence-electron chi connectivity index (χ2n) is 16.2. The maximum absolute atomic E-state index is 2.46. The molecule has 288 valence electrons. The molecule has 0 aliphatic heterocycles. The van der Waals surface area contributed by atoms with Crippen LogP contribution in [0.3, 0.4) is 0 Å². The van der Waals surface area contributed by atoms with Gasteiger partial charge in [0.25, 0.3) is 0 Å². The number of rotatable bonds is 8. The van der Waals surface area contributed by atoms with Gasteiger partial charge in [-0.15, -0.1) is 0 Å². The molecule has 11 rings (SSSR count). The number of anilines is 3. The van der Waals surface area contributed by atoms with Crippen LogP contribution in [0.25, 0.3) is 66.4 Å². The fraction of sp³-hybridized carbons (Fsp3) is 0.0333. The number of nitrogens with zero attached hydrogens (tertiary/aromatic N) is 1. The first kappa shape index (κ1) is 36.3. The molecule has 0 radical (unpaired) electrons. The first-order chi connectivity index (χ1) is 30.1. The second kappa shape index (κ2) is 15.1. The molecule has 1 atom stereocenters. The Hall–Kier alpha value is -7.74. The van der Waals surface area contributed by atoms with E-state index in [-0.39, 0.29) is 0 Å². The SMILES string of the molecule is CC1(c2ccccc2-c2ccccc2)c2ccccc2-c2c(N(c3ccc(-c4ccc(-c5ccccc5)cc4)cc3)c3ccc(-c4cccc5ccccc45)cc3)cccc21. The molecule has 61 heavy (non-hydrogen) atoms. The van der Waals surface area contributed by atoms with Gasteiger partial charge in [0.15, 0.2) is 0 Å². The van der Waals surface area contributed by atoms with Crippen molar-refractivity contribution in [2.75, 3.05) is 4.90 Å². The Morgan fingerprint density at radius 2 is 0.705 bits per heavy atom. The number of fused-ring (bicyclic) bond motifs is 4. The third kappa shape index (κ3) is 6.26. The highest BCUT2D eigenvalue weighted by Gasteiger charge is 2.43. The van der Waals surface area contributed by atoms with Crippen LogP contribution in [-0.4, -0.2) is 0 Å². The van der Waals surface area contributed by atoms with Gasteiger partial charge in [0, 0.05) is 22.4 Å². The summed E-state index contributed by atoms with van der Waals surface area (Å²) in [4.78, 5) is 2.46. The van der Waals surface area contributed by atoms with Gasteiger partial charge < -0.3 is 4.90 Å². The molecule has 0 fully saturated rings. The van der Waals surface area contributed by atoms with Crippen molar-refractivity contribution in [2.24, 2.45) is 0 Å². The fourth-order valence-electron chi connectivity index (χ4n) is 9.77. The molecule has 0 saturated carbocycles. The van der Waals surface area contributed by atoms with Crippen molar-refractivity contribution in [3.63, 3.8) is 0 Å². The normalized spacial score (nSPS) is 14.0. The van der Waals surface area contributed by atoms with Crippen molar-refractivity contribution >= 4 is 27.8 Å². The van der Waals surface area contributed by atoms with Gasteiger partial charge >= 0.3 is 0 Å². The van der Waals surface area contributed by atoms with Crippen LogP contribution < -0.4 is 4.90 Å². The number of benzene rings is 10. The largest absolute Gasteiger partial charge is 0.310 e. The van der Waals surface area contributed by atoms with Gasteiger partial charge in [0.1, 0.15) is 0 Å². The highest BCUT2D eigenvalue weighted by Crippen LogP contribution is 2.58. The van der Waals surface area contributed by atoms with E-state index >= 15 is 0 Å². The van der Waals surface area contributed by atoms with Gasteiger partial charge in [-0.05, 0) is 115 Å². The number of hydrogen-bond donors (Lipinski definition) is 0. The molecule has 1 unspecified atom stereocenters. The quantitative estimate of drug-likeness (QED) is 0.149. The lowest BCUT2D eigenvalue weighted by atomic mass is 9.71. The van der Waals surface area contributed by atoms with E-state index in [0.29, 0.717) is 0 Å². The van der Waals surface area contributed by atoms with Crippen LogP contribution in [0.2, 0.25) is 0 Å². The van der Waals surface area contributed by atoms with E-state index in [1.54, 1.807) is 0 Å². The summed E-state index contributed by atoms with van der Waals surface area (Å²) in [6.45, 7) is 2.42. The van der Waals surface area contributed by atoms with E-state index in [1.807, 2.05) is 0 Å². The molecule has 1 nitrogen and oxygen atoms in total. The number of hydrogen-bond acceptors (Lipinski definition) is 1. The summed E-state index contributed by atoms with van der Waals surface area (Å²) in [5, 5.41) is 2.51. The minimum atomic E-state index is -0.395. The Bertz CT molecular complexity index is 3160. The van der Waals surface area contributed by atoms with Crippen molar-refractivity contribution in [1.82, 2.24) is 0 Å². The molecule has 1 heteroatoms. The van der Waals surface area contributed by atoms with Gasteiger partial charge in [-0.1, -0.05) is 212 Å². The molecule has 1 aliphatic carbocycles. The maximum atomic E-state index is 2.46. The lowest BCUT2D eigenvalue weighted by Gasteiger charge is -2.32. The molecule has 1 aliphatic rings. The zero-order valence-corrected chi connectivity index (χ0v) is 34.0. The van der Waals surface area contributed by atoms with Gasteiger partial charge in [0.05, 0.1) is 5.69 Å². The summed E-state index contributed by atoms with van der Waals surface area (Å²) in [7, 11) is 0. The Kier molecular flexibility index (Phi) is 9.02. The highest BCUT2D eigenvalue weighted by atomic mass is 15.1. The topological polar surface area (TPSA) is 3.24 Å². The van der Waals surface area contributed by atoms with E-state index in [1.165, 1.54) is 83.1 Å². The zero-order chi connectivity index (χ0) is 40.8. The molecule has 0 amide bonds. The van der Waals surface area contributed by atoms with E-state index < -0.39 is 5.41 Å². The van der Waals surface area contributed by atoms with E-state index in [9.17, 15) is 0 Å². The predicted molar refractivity (Wildman–Crippen MR) is 258 cm³/mol. The Balaban J connectivity index is 1.07. The molecule has 0 heterocycles. The third-order valence-electron chi connectivity index (χ3n) is 12.8. The zero-order valence-electron chi connectivity index (χ0n) is 34.0. The van der Waals surface area contributed by atoms with Crippen LogP contribution in [0, 0.1) is 0 Å². The van der Waals surface area contributed by atoms with Crippen molar-refractivity contribution < 1.29 is 0 Å². The Labute approximate surface area is 358 Å². The van der Waals surface area contributed by atoms with Crippen molar-refractivity contribution in [1.29, 1.82) is 0 Å². The average molecular weight is 778 g/mol. The van der Waals surface area contributed by atoms with Crippen LogP contribution in [0.1, 0.15) is 23.6 Å². The monoisotopic (exact) mass is 777 g/mol. The summed E-state index contributed by atoms with van der Waals surface area (Å²) in [5.74, 6) is 0. The van der Waals surface area contributed by atoms with Gasteiger partial charge in [-0.2, -0.15) is 0 Å². The van der Waals surface area contributed by atoms with Crippen LogP contribution in [0.15, 0.2) is 243 Å². The summed E-state index contributed by atoms with van der Waals surface area (Å²) >= 11 is 0. The van der Waals surface area contributed by atoms with Crippen molar-refractivity contribution in [3.8, 4) is 55.6 Å². The van der Waals surface area contributed by atoms with Gasteiger partial charge in [-0.25, -0.2) is 0 Å². The lowest BCUT2D eigenvalue weighted by Crippen LogP contribution is -2.23. The standard InChI is InChI=1S/C60H43N/c1-60(55-26-12-10-23-53(55)47-18-6-3-7-19-47)56-27-13-11-24-54(56)59-57(60)28-15-29-58(59)61(50-40-36-48(37-41-50)52-25-14-21-46-20-8-9-22-51(46)52)49-38-34-45(35-39-49)44-32-30-43(31-33-44)42-16-4-2-5-17-42/h2-41H,1H3. The molecular formula is C60H43N. The molecule has 10 aromatic carbocycles. The predicted octanol–water partition coefficient (Wildman–Crippen LogP) is 16.3. The molecule has 0 N–H and O–H groups in total. The average Bonchev–Trinajstić information content (AvgIpc) is 3.61. The first-order valence-electron chi connectivity index (χ1n) is 21.2. The van der Waals surface area contributed by atoms with Crippen molar-refractivity contribution in [2.45, 2.75) is 12.3 Å². The summed E-state index contributed by atoms with van der Waals surface area (Å²) < 4.78 is 0. The smallest absolute Gasteiger partial charge is 0.0543 e. The van der Waals surface area contributed by atoms with Crippen LogP contribution in [-0.2, 0) is 5.41 Å². The second-order valence-corrected chi connectivity index (χ2v) is 16.2. The minimum absolute atomic E-state index is 0.395. The summed E-state index contributed by atoms with van der Waals surface area (Å²) in [6.07, 6.45) is 0. The van der Waals surface area contributed by atoms with Crippen LogP contribution in [0.5, 0.6) is 0 Å². The first-order valence-corrected chi connectivity index (χ1v) is 21.2. The summed E-state index contributed by atoms with van der Waals surface area (Å²) in [6, 6.07) is 88.7. The van der Waals surface area contributed by atoms with Gasteiger partial charge in [-0.3, -0.25) is 0 Å². The lowest BCUT2D eigenvalue weighted by molar-refractivity contribution is 0.716.